The fourth-order valence-corrected chi connectivity index (χ4v) is 2.87. The van der Waals surface area contributed by atoms with Crippen molar-refractivity contribution in [2.24, 2.45) is 4.99 Å². The monoisotopic (exact) mass is 324 g/mol. The number of pyridine rings is 1. The summed E-state index contributed by atoms with van der Waals surface area (Å²) in [5.74, 6) is 0. The molecule has 0 N–H and O–H groups in total. The molecule has 0 bridgehead atoms. The van der Waals surface area contributed by atoms with Crippen LogP contribution in [0.25, 0.3) is 22.4 Å². The Morgan fingerprint density at radius 3 is 2.42 bits per heavy atom. The highest BCUT2D eigenvalue weighted by Gasteiger charge is 2.21. The predicted octanol–water partition coefficient (Wildman–Crippen LogP) is 3.98. The van der Waals surface area contributed by atoms with E-state index in [1.165, 1.54) is 12.1 Å². The van der Waals surface area contributed by atoms with Crippen molar-refractivity contribution in [2.45, 2.75) is 13.0 Å². The average molecular weight is 324 g/mol. The van der Waals surface area contributed by atoms with Crippen LogP contribution in [0.5, 0.6) is 0 Å². The number of rotatable bonds is 3. The first-order valence-electron chi connectivity index (χ1n) is 7.63. The van der Waals surface area contributed by atoms with Gasteiger partial charge in [0.05, 0.1) is 18.8 Å². The van der Waals surface area contributed by atoms with E-state index in [-0.39, 0.29) is 5.56 Å². The van der Waals surface area contributed by atoms with Gasteiger partial charge in [0.2, 0.25) is 0 Å². The topological polar surface area (TPSA) is 43.1 Å². The molecule has 0 amide bonds. The molecule has 0 saturated carbocycles. The summed E-state index contributed by atoms with van der Waals surface area (Å²) in [5.41, 5.74) is 4.44. The summed E-state index contributed by atoms with van der Waals surface area (Å²) in [7, 11) is 0. The van der Waals surface area contributed by atoms with Crippen molar-refractivity contribution in [1.82, 2.24) is 14.8 Å². The molecule has 0 saturated heterocycles. The van der Waals surface area contributed by atoms with Crippen LogP contribution >= 0.6 is 0 Å². The maximum absolute atomic E-state index is 12.8. The molecule has 0 spiro atoms. The van der Waals surface area contributed by atoms with Gasteiger partial charge >= 0.3 is 0 Å². The Bertz CT molecular complexity index is 883. The normalized spacial score (nSPS) is 13.3. The van der Waals surface area contributed by atoms with Crippen molar-refractivity contribution >= 4 is 6.21 Å². The van der Waals surface area contributed by atoms with Crippen molar-refractivity contribution in [3.05, 3.63) is 60.0 Å². The van der Waals surface area contributed by atoms with Gasteiger partial charge in [0.1, 0.15) is 5.69 Å². The van der Waals surface area contributed by atoms with E-state index in [0.29, 0.717) is 13.1 Å². The van der Waals surface area contributed by atoms with E-state index in [0.717, 1.165) is 28.1 Å². The Balaban J connectivity index is 1.89. The first kappa shape index (κ1) is 14.7. The number of benzene rings is 1. The van der Waals surface area contributed by atoms with Crippen LogP contribution in [-0.4, -0.2) is 27.5 Å². The van der Waals surface area contributed by atoms with Gasteiger partial charge in [0, 0.05) is 35.3 Å². The molecule has 1 aliphatic heterocycles. The van der Waals surface area contributed by atoms with Crippen molar-refractivity contribution in [3.8, 4) is 22.4 Å². The molecular weight excluding hydrogens is 310 g/mol. The molecule has 0 atom stereocenters. The summed E-state index contributed by atoms with van der Waals surface area (Å²) < 4.78 is 27.5. The third-order valence-electron chi connectivity index (χ3n) is 4.05. The highest BCUT2D eigenvalue weighted by Crippen LogP contribution is 2.35. The van der Waals surface area contributed by atoms with E-state index in [4.69, 9.17) is 0 Å². The van der Waals surface area contributed by atoms with Gasteiger partial charge in [0.25, 0.3) is 6.43 Å². The molecule has 3 heterocycles. The highest BCUT2D eigenvalue weighted by atomic mass is 19.3. The van der Waals surface area contributed by atoms with Crippen molar-refractivity contribution in [1.29, 1.82) is 0 Å². The zero-order chi connectivity index (χ0) is 16.5. The number of nitrogens with zero attached hydrogens (tertiary/aromatic N) is 4. The summed E-state index contributed by atoms with van der Waals surface area (Å²) in [6.45, 7) is 1.40. The van der Waals surface area contributed by atoms with Crippen LogP contribution < -0.4 is 0 Å². The SMILES string of the molecule is FC(F)c1ccc(-c2nn3c(c2-c2ccncc2)C=NCC3)cc1. The van der Waals surface area contributed by atoms with Gasteiger partial charge in [-0.15, -0.1) is 0 Å². The fraction of sp³-hybridized carbons (Fsp3) is 0.167. The summed E-state index contributed by atoms with van der Waals surface area (Å²) >= 11 is 0. The third-order valence-corrected chi connectivity index (χ3v) is 4.05. The molecule has 1 aromatic carbocycles. The molecule has 4 nitrogen and oxygen atoms in total. The van der Waals surface area contributed by atoms with Gasteiger partial charge in [-0.1, -0.05) is 24.3 Å². The molecule has 4 rings (SSSR count). The molecular formula is C18H14F2N4. The van der Waals surface area contributed by atoms with Crippen LogP contribution in [0, 0.1) is 0 Å². The fourth-order valence-electron chi connectivity index (χ4n) is 2.87. The lowest BCUT2D eigenvalue weighted by Crippen LogP contribution is -2.12. The lowest BCUT2D eigenvalue weighted by atomic mass is 9.99. The number of halogens is 2. The smallest absolute Gasteiger partial charge is 0.263 e. The second-order valence-electron chi connectivity index (χ2n) is 5.53. The molecule has 0 aliphatic carbocycles. The highest BCUT2D eigenvalue weighted by molar-refractivity contribution is 5.95. The molecule has 6 heteroatoms. The molecule has 2 aromatic heterocycles. The Kier molecular flexibility index (Phi) is 3.65. The molecule has 0 fully saturated rings. The lowest BCUT2D eigenvalue weighted by Gasteiger charge is -2.08. The minimum atomic E-state index is -2.47. The Morgan fingerprint density at radius 2 is 1.71 bits per heavy atom. The van der Waals surface area contributed by atoms with E-state index in [9.17, 15) is 8.78 Å². The molecule has 1 aliphatic rings. The third kappa shape index (κ3) is 2.50. The zero-order valence-electron chi connectivity index (χ0n) is 12.7. The number of hydrogen-bond donors (Lipinski definition) is 0. The number of fused-ring (bicyclic) bond motifs is 1. The van der Waals surface area contributed by atoms with Crippen LogP contribution in [-0.2, 0) is 6.54 Å². The van der Waals surface area contributed by atoms with Crippen molar-refractivity contribution < 1.29 is 8.78 Å². The largest absolute Gasteiger partial charge is 0.289 e. The summed E-state index contributed by atoms with van der Waals surface area (Å²) in [6, 6.07) is 10.1. The van der Waals surface area contributed by atoms with Crippen LogP contribution in [0.4, 0.5) is 8.78 Å². The predicted molar refractivity (Wildman–Crippen MR) is 88.3 cm³/mol. The number of aliphatic imine (C=N–C) groups is 1. The zero-order valence-corrected chi connectivity index (χ0v) is 12.7. The van der Waals surface area contributed by atoms with Gasteiger partial charge in [0.15, 0.2) is 0 Å². The second-order valence-corrected chi connectivity index (χ2v) is 5.53. The second kappa shape index (κ2) is 5.96. The summed E-state index contributed by atoms with van der Waals surface area (Å²) in [4.78, 5) is 8.40. The van der Waals surface area contributed by atoms with E-state index in [1.54, 1.807) is 24.5 Å². The van der Waals surface area contributed by atoms with Gasteiger partial charge < -0.3 is 0 Å². The molecule has 120 valence electrons. The minimum absolute atomic E-state index is 0.00902. The van der Waals surface area contributed by atoms with Gasteiger partial charge in [-0.3, -0.25) is 14.7 Å². The minimum Gasteiger partial charge on any atom is -0.289 e. The first-order valence-corrected chi connectivity index (χ1v) is 7.63. The van der Waals surface area contributed by atoms with E-state index < -0.39 is 6.43 Å². The maximum atomic E-state index is 12.8. The molecule has 3 aromatic rings. The quantitative estimate of drug-likeness (QED) is 0.731. The van der Waals surface area contributed by atoms with E-state index in [1.807, 2.05) is 23.0 Å². The standard InChI is InChI=1S/C18H14F2N4/c19-18(20)14-3-1-13(2-4-14)17-16(12-5-7-21-8-6-12)15-11-22-9-10-24(15)23-17/h1-8,11,18H,9-10H2. The van der Waals surface area contributed by atoms with Gasteiger partial charge in [-0.2, -0.15) is 5.10 Å². The average Bonchev–Trinajstić information content (AvgIpc) is 3.02. The Hall–Kier alpha value is -2.89. The number of aromatic nitrogens is 3. The molecule has 0 unspecified atom stereocenters. The van der Waals surface area contributed by atoms with Crippen LogP contribution in [0.3, 0.4) is 0 Å². The summed E-state index contributed by atoms with van der Waals surface area (Å²) in [5, 5.41) is 4.69. The first-order chi connectivity index (χ1) is 11.7. The Labute approximate surface area is 137 Å². The van der Waals surface area contributed by atoms with E-state index in [2.05, 4.69) is 15.1 Å². The maximum Gasteiger partial charge on any atom is 0.263 e. The molecule has 0 radical (unpaired) electrons. The van der Waals surface area contributed by atoms with Crippen LogP contribution in [0.15, 0.2) is 53.8 Å². The van der Waals surface area contributed by atoms with Gasteiger partial charge in [-0.25, -0.2) is 8.78 Å². The number of alkyl halides is 2. The van der Waals surface area contributed by atoms with Crippen molar-refractivity contribution in [2.75, 3.05) is 6.54 Å². The molecule has 24 heavy (non-hydrogen) atoms. The number of hydrogen-bond acceptors (Lipinski definition) is 3. The van der Waals surface area contributed by atoms with Gasteiger partial charge in [-0.05, 0) is 17.7 Å². The lowest BCUT2D eigenvalue weighted by molar-refractivity contribution is 0.151. The van der Waals surface area contributed by atoms with E-state index >= 15 is 0 Å². The Morgan fingerprint density at radius 1 is 0.958 bits per heavy atom. The van der Waals surface area contributed by atoms with Crippen LogP contribution in [0.2, 0.25) is 0 Å². The van der Waals surface area contributed by atoms with Crippen molar-refractivity contribution in [3.63, 3.8) is 0 Å². The van der Waals surface area contributed by atoms with Crippen LogP contribution in [0.1, 0.15) is 17.7 Å². The summed E-state index contributed by atoms with van der Waals surface area (Å²) in [6.07, 6.45) is 2.80.